The number of aliphatic imine (C=N–C) groups is 1. The van der Waals surface area contributed by atoms with Crippen LogP contribution in [0.25, 0.3) is 0 Å². The fourth-order valence-corrected chi connectivity index (χ4v) is 3.82. The van der Waals surface area contributed by atoms with Gasteiger partial charge in [-0.3, -0.25) is 4.99 Å². The van der Waals surface area contributed by atoms with Crippen molar-refractivity contribution < 1.29 is 0 Å². The van der Waals surface area contributed by atoms with Crippen molar-refractivity contribution in [2.24, 2.45) is 10.7 Å². The molecule has 4 nitrogen and oxygen atoms in total. The van der Waals surface area contributed by atoms with Crippen LogP contribution in [0, 0.1) is 13.8 Å². The molecule has 0 amide bonds. The molecule has 1 aliphatic rings. The van der Waals surface area contributed by atoms with Crippen molar-refractivity contribution in [2.45, 2.75) is 33.7 Å². The lowest BCUT2D eigenvalue weighted by molar-refractivity contribution is 0.248. The smallest absolute Gasteiger partial charge is 0.191 e. The Kier molecular flexibility index (Phi) is 5.05. The van der Waals surface area contributed by atoms with E-state index in [1.807, 2.05) is 11.3 Å². The van der Waals surface area contributed by atoms with Crippen LogP contribution in [0.1, 0.15) is 35.2 Å². The van der Waals surface area contributed by atoms with Crippen molar-refractivity contribution >= 4 is 17.3 Å². The lowest BCUT2D eigenvalue weighted by atomic mass is 10.1. The zero-order chi connectivity index (χ0) is 14.7. The Morgan fingerprint density at radius 1 is 1.40 bits per heavy atom. The summed E-state index contributed by atoms with van der Waals surface area (Å²) in [7, 11) is 0. The molecule has 112 valence electrons. The first-order valence-electron chi connectivity index (χ1n) is 7.42. The van der Waals surface area contributed by atoms with Gasteiger partial charge in [0.15, 0.2) is 5.96 Å². The van der Waals surface area contributed by atoms with Gasteiger partial charge in [0.25, 0.3) is 0 Å². The van der Waals surface area contributed by atoms with Gasteiger partial charge in [0.05, 0.1) is 12.6 Å². The topological polar surface area (TPSA) is 44.9 Å². The molecule has 2 heterocycles. The minimum atomic E-state index is 0.329. The average molecular weight is 294 g/mol. The molecule has 1 aliphatic heterocycles. The maximum Gasteiger partial charge on any atom is 0.191 e. The molecule has 0 radical (unpaired) electrons. The normalized spacial score (nSPS) is 18.9. The first-order chi connectivity index (χ1) is 9.56. The van der Waals surface area contributed by atoms with E-state index in [-0.39, 0.29) is 0 Å². The second-order valence-electron chi connectivity index (χ2n) is 5.30. The van der Waals surface area contributed by atoms with E-state index in [4.69, 9.17) is 5.73 Å². The highest BCUT2D eigenvalue weighted by Gasteiger charge is 2.29. The third-order valence-corrected chi connectivity index (χ3v) is 5.07. The molecule has 0 bridgehead atoms. The number of guanidine groups is 1. The summed E-state index contributed by atoms with van der Waals surface area (Å²) in [5.74, 6) is 0.699. The minimum absolute atomic E-state index is 0.329. The highest BCUT2D eigenvalue weighted by Crippen LogP contribution is 2.32. The van der Waals surface area contributed by atoms with Gasteiger partial charge in [-0.25, -0.2) is 0 Å². The Morgan fingerprint density at radius 2 is 2.10 bits per heavy atom. The third-order valence-electron chi connectivity index (χ3n) is 4.09. The Hall–Kier alpha value is -1.07. The van der Waals surface area contributed by atoms with Crippen LogP contribution in [0.15, 0.2) is 11.1 Å². The number of aryl methyl sites for hydroxylation is 2. The van der Waals surface area contributed by atoms with E-state index in [1.165, 1.54) is 15.3 Å². The summed E-state index contributed by atoms with van der Waals surface area (Å²) < 4.78 is 0. The SMILES string of the molecule is CCN(CC)CCN1C(N)=NCC1c1cc(C)sc1C. The molecule has 0 spiro atoms. The number of nitrogens with two attached hydrogens (primary N) is 1. The molecule has 0 fully saturated rings. The van der Waals surface area contributed by atoms with Gasteiger partial charge in [-0.2, -0.15) is 0 Å². The second-order valence-corrected chi connectivity index (χ2v) is 6.76. The lowest BCUT2D eigenvalue weighted by Gasteiger charge is -2.29. The van der Waals surface area contributed by atoms with Crippen molar-refractivity contribution in [2.75, 3.05) is 32.7 Å². The van der Waals surface area contributed by atoms with Gasteiger partial charge in [0.1, 0.15) is 0 Å². The van der Waals surface area contributed by atoms with E-state index in [0.29, 0.717) is 12.0 Å². The van der Waals surface area contributed by atoms with Gasteiger partial charge in [-0.1, -0.05) is 13.8 Å². The molecule has 2 rings (SSSR count). The molecule has 1 unspecified atom stereocenters. The van der Waals surface area contributed by atoms with Gasteiger partial charge in [-0.15, -0.1) is 11.3 Å². The van der Waals surface area contributed by atoms with Crippen molar-refractivity contribution in [1.82, 2.24) is 9.80 Å². The average Bonchev–Trinajstić information content (AvgIpc) is 2.94. The first kappa shape index (κ1) is 15.3. The molecular formula is C15H26N4S. The van der Waals surface area contributed by atoms with E-state index >= 15 is 0 Å². The minimum Gasteiger partial charge on any atom is -0.370 e. The predicted octanol–water partition coefficient (Wildman–Crippen LogP) is 2.38. The predicted molar refractivity (Wildman–Crippen MR) is 87.5 cm³/mol. The summed E-state index contributed by atoms with van der Waals surface area (Å²) in [5, 5.41) is 0. The Morgan fingerprint density at radius 3 is 2.65 bits per heavy atom. The van der Waals surface area contributed by atoms with Crippen LogP contribution >= 0.6 is 11.3 Å². The summed E-state index contributed by atoms with van der Waals surface area (Å²) in [6.45, 7) is 13.7. The van der Waals surface area contributed by atoms with Crippen LogP contribution in [0.3, 0.4) is 0 Å². The van der Waals surface area contributed by atoms with Crippen LogP contribution in [0.4, 0.5) is 0 Å². The molecule has 0 aliphatic carbocycles. The number of nitrogens with zero attached hydrogens (tertiary/aromatic N) is 3. The van der Waals surface area contributed by atoms with Gasteiger partial charge in [0.2, 0.25) is 0 Å². The quantitative estimate of drug-likeness (QED) is 0.876. The van der Waals surface area contributed by atoms with Gasteiger partial charge >= 0.3 is 0 Å². The monoisotopic (exact) mass is 294 g/mol. The standard InChI is InChI=1S/C15H26N4S/c1-5-18(6-2)7-8-19-14(10-17-15(19)16)13-9-11(3)20-12(13)4/h9,14H,5-8,10H2,1-4H3,(H2,16,17). The molecule has 1 aromatic rings. The van der Waals surface area contributed by atoms with Gasteiger partial charge in [0, 0.05) is 22.8 Å². The van der Waals surface area contributed by atoms with E-state index in [2.05, 4.69) is 48.6 Å². The summed E-state index contributed by atoms with van der Waals surface area (Å²) in [6.07, 6.45) is 0. The molecule has 0 aromatic carbocycles. The maximum atomic E-state index is 6.09. The molecule has 1 aromatic heterocycles. The summed E-state index contributed by atoms with van der Waals surface area (Å²) >= 11 is 1.86. The van der Waals surface area contributed by atoms with E-state index in [0.717, 1.165) is 32.7 Å². The van der Waals surface area contributed by atoms with Crippen molar-refractivity contribution in [3.05, 3.63) is 21.4 Å². The molecule has 2 N–H and O–H groups in total. The van der Waals surface area contributed by atoms with Gasteiger partial charge in [-0.05, 0) is 38.6 Å². The summed E-state index contributed by atoms with van der Waals surface area (Å²) in [5.41, 5.74) is 7.49. The van der Waals surface area contributed by atoms with Crippen LogP contribution in [0.2, 0.25) is 0 Å². The fourth-order valence-electron chi connectivity index (χ4n) is 2.84. The second kappa shape index (κ2) is 6.59. The molecule has 20 heavy (non-hydrogen) atoms. The number of thiophene rings is 1. The Bertz CT molecular complexity index is 476. The largest absolute Gasteiger partial charge is 0.370 e. The highest BCUT2D eigenvalue weighted by molar-refractivity contribution is 7.12. The number of hydrogen-bond donors (Lipinski definition) is 1. The Balaban J connectivity index is 2.08. The number of rotatable bonds is 6. The van der Waals surface area contributed by atoms with E-state index in [1.54, 1.807) is 0 Å². The van der Waals surface area contributed by atoms with Crippen LogP contribution < -0.4 is 5.73 Å². The fraction of sp³-hybridized carbons (Fsp3) is 0.667. The summed E-state index contributed by atoms with van der Waals surface area (Å²) in [4.78, 5) is 11.9. The lowest BCUT2D eigenvalue weighted by Crippen LogP contribution is -2.41. The molecular weight excluding hydrogens is 268 g/mol. The van der Waals surface area contributed by atoms with E-state index < -0.39 is 0 Å². The molecule has 0 saturated heterocycles. The molecule has 5 heteroatoms. The van der Waals surface area contributed by atoms with Crippen molar-refractivity contribution in [3.8, 4) is 0 Å². The summed E-state index contributed by atoms with van der Waals surface area (Å²) in [6, 6.07) is 2.62. The number of hydrogen-bond acceptors (Lipinski definition) is 5. The van der Waals surface area contributed by atoms with Crippen LogP contribution in [0.5, 0.6) is 0 Å². The zero-order valence-corrected chi connectivity index (χ0v) is 13.8. The first-order valence-corrected chi connectivity index (χ1v) is 8.24. The maximum absolute atomic E-state index is 6.09. The van der Waals surface area contributed by atoms with Crippen molar-refractivity contribution in [1.29, 1.82) is 0 Å². The molecule has 0 saturated carbocycles. The Labute approximate surface area is 126 Å². The third kappa shape index (κ3) is 3.15. The van der Waals surface area contributed by atoms with E-state index in [9.17, 15) is 0 Å². The van der Waals surface area contributed by atoms with Crippen LogP contribution in [-0.4, -0.2) is 48.5 Å². The van der Waals surface area contributed by atoms with Crippen molar-refractivity contribution in [3.63, 3.8) is 0 Å². The molecule has 1 atom stereocenters. The highest BCUT2D eigenvalue weighted by atomic mass is 32.1. The number of likely N-dealkylation sites (N-methyl/N-ethyl adjacent to an activating group) is 1. The zero-order valence-electron chi connectivity index (χ0n) is 13.0. The van der Waals surface area contributed by atoms with Gasteiger partial charge < -0.3 is 15.5 Å². The van der Waals surface area contributed by atoms with Crippen LogP contribution in [-0.2, 0) is 0 Å².